The van der Waals surface area contributed by atoms with Crippen molar-refractivity contribution in [3.05, 3.63) is 107 Å². The maximum absolute atomic E-state index is 13.4. The largest absolute Gasteiger partial charge is 0.490 e. The van der Waals surface area contributed by atoms with Crippen LogP contribution in [0, 0.1) is 6.92 Å². The number of piperidine rings is 1. The molecule has 5 rings (SSSR count). The van der Waals surface area contributed by atoms with Gasteiger partial charge in [-0.25, -0.2) is 15.1 Å². The molecule has 2 amide bonds. The summed E-state index contributed by atoms with van der Waals surface area (Å²) in [6.45, 7) is 4.43. The molecular weight excluding hydrogens is 730 g/mol. The Morgan fingerprint density at radius 2 is 1.44 bits per heavy atom. The number of halogens is 6. The van der Waals surface area contributed by atoms with Crippen molar-refractivity contribution in [3.63, 3.8) is 0 Å². The molecule has 290 valence electrons. The topological polar surface area (TPSA) is 178 Å². The highest BCUT2D eigenvalue weighted by molar-refractivity contribution is 5.95. The van der Waals surface area contributed by atoms with Gasteiger partial charge in [0.25, 0.3) is 5.91 Å². The minimum atomic E-state index is -5.08. The third kappa shape index (κ3) is 13.3. The second kappa shape index (κ2) is 18.8. The first-order chi connectivity index (χ1) is 25.3. The van der Waals surface area contributed by atoms with Crippen molar-refractivity contribution >= 4 is 34.7 Å². The van der Waals surface area contributed by atoms with Gasteiger partial charge in [-0.15, -0.1) is 0 Å². The fourth-order valence-electron chi connectivity index (χ4n) is 5.53. The number of carbonyl (C=O) groups excluding carboxylic acids is 2. The van der Waals surface area contributed by atoms with Crippen LogP contribution in [-0.2, 0) is 27.5 Å². The maximum Gasteiger partial charge on any atom is 0.490 e. The number of aryl methyl sites for hydroxylation is 1. The third-order valence-electron chi connectivity index (χ3n) is 7.83. The zero-order valence-electron chi connectivity index (χ0n) is 28.6. The Morgan fingerprint density at radius 1 is 0.870 bits per heavy atom. The van der Waals surface area contributed by atoms with Crippen LogP contribution in [0.5, 0.6) is 5.75 Å². The number of aromatic nitrogens is 1. The zero-order valence-corrected chi connectivity index (χ0v) is 28.6. The van der Waals surface area contributed by atoms with E-state index in [2.05, 4.69) is 27.3 Å². The highest BCUT2D eigenvalue weighted by Crippen LogP contribution is 2.27. The number of hydroxylamine groups is 1. The lowest BCUT2D eigenvalue weighted by molar-refractivity contribution is -0.193. The van der Waals surface area contributed by atoms with Crippen LogP contribution in [0.3, 0.4) is 0 Å². The quantitative estimate of drug-likeness (QED) is 0.0766. The maximum atomic E-state index is 13.4. The number of hydrogen-bond donors (Lipinski definition) is 5. The number of fused-ring (bicyclic) bond motifs is 1. The summed E-state index contributed by atoms with van der Waals surface area (Å²) >= 11 is 0. The lowest BCUT2D eigenvalue weighted by Crippen LogP contribution is -2.60. The monoisotopic (exact) mass is 766 g/mol. The average Bonchev–Trinajstić information content (AvgIpc) is 3.11. The number of carbonyl (C=O) groups is 4. The van der Waals surface area contributed by atoms with Crippen molar-refractivity contribution < 1.29 is 65.7 Å². The molecule has 1 unspecified atom stereocenters. The van der Waals surface area contributed by atoms with Gasteiger partial charge in [-0.05, 0) is 68.3 Å². The minimum absolute atomic E-state index is 0.0129. The second-order valence-corrected chi connectivity index (χ2v) is 12.1. The van der Waals surface area contributed by atoms with Gasteiger partial charge in [0.15, 0.2) is 0 Å². The van der Waals surface area contributed by atoms with Crippen LogP contribution in [0.1, 0.15) is 46.4 Å². The van der Waals surface area contributed by atoms with Gasteiger partial charge >= 0.3 is 24.3 Å². The average molecular weight is 767 g/mol. The summed E-state index contributed by atoms with van der Waals surface area (Å²) in [5.41, 5.74) is 5.49. The van der Waals surface area contributed by atoms with Crippen molar-refractivity contribution in [2.24, 2.45) is 0 Å². The molecule has 4 aromatic rings. The summed E-state index contributed by atoms with van der Waals surface area (Å²) in [4.78, 5) is 50.2. The minimum Gasteiger partial charge on any atom is -0.489 e. The molecule has 1 fully saturated rings. The van der Waals surface area contributed by atoms with Crippen LogP contribution < -0.4 is 15.5 Å². The van der Waals surface area contributed by atoms with Gasteiger partial charge in [0.05, 0.1) is 17.5 Å². The molecule has 1 saturated heterocycles. The van der Waals surface area contributed by atoms with Gasteiger partial charge in [0.1, 0.15) is 12.4 Å². The van der Waals surface area contributed by atoms with Gasteiger partial charge < -0.3 is 20.3 Å². The Kier molecular flexibility index (Phi) is 14.9. The molecule has 18 heteroatoms. The molecule has 12 nitrogen and oxygen atoms in total. The number of ether oxygens (including phenoxy) is 1. The fraction of sp³-hybridized carbons (Fsp3) is 0.306. The molecule has 0 bridgehead atoms. The summed E-state index contributed by atoms with van der Waals surface area (Å²) in [6.07, 6.45) is -8.72. The predicted octanol–water partition coefficient (Wildman–Crippen LogP) is 6.05. The molecular formula is C36H36F6N4O8. The Bertz CT molecular complexity index is 1870. The third-order valence-corrected chi connectivity index (χ3v) is 7.83. The van der Waals surface area contributed by atoms with E-state index in [1.807, 2.05) is 55.5 Å². The summed E-state index contributed by atoms with van der Waals surface area (Å²) in [5.74, 6) is -5.66. The number of carboxylic acid groups (broad SMARTS) is 2. The molecule has 0 radical (unpaired) electrons. The molecule has 1 aliphatic rings. The van der Waals surface area contributed by atoms with Crippen LogP contribution in [0.15, 0.2) is 84.9 Å². The van der Waals surface area contributed by atoms with E-state index in [-0.39, 0.29) is 12.3 Å². The molecule has 1 aliphatic heterocycles. The molecule has 1 atom stereocenters. The number of nitrogens with zero attached hydrogens (tertiary/aromatic N) is 2. The van der Waals surface area contributed by atoms with Crippen LogP contribution in [0.25, 0.3) is 10.9 Å². The van der Waals surface area contributed by atoms with E-state index in [1.165, 1.54) is 5.56 Å². The summed E-state index contributed by atoms with van der Waals surface area (Å²) in [6, 6.07) is 27.1. The van der Waals surface area contributed by atoms with Crippen LogP contribution >= 0.6 is 0 Å². The highest BCUT2D eigenvalue weighted by Gasteiger charge is 2.40. The van der Waals surface area contributed by atoms with Gasteiger partial charge in [0.2, 0.25) is 5.91 Å². The fourth-order valence-corrected chi connectivity index (χ4v) is 5.53. The van der Waals surface area contributed by atoms with Gasteiger partial charge in [0, 0.05) is 35.3 Å². The van der Waals surface area contributed by atoms with Gasteiger partial charge in [-0.2, -0.15) is 26.3 Å². The van der Waals surface area contributed by atoms with E-state index in [9.17, 15) is 41.1 Å². The number of hydrogen-bond acceptors (Lipinski definition) is 8. The molecule has 0 aliphatic carbocycles. The first kappa shape index (κ1) is 42.7. The molecule has 5 N–H and O–H groups in total. The number of rotatable bonds is 9. The molecule has 0 spiro atoms. The number of amides is 2. The SMILES string of the molecule is Cc1cc(COc2ccc(C(=O)NC3(CC(=O)NO)CCCN(Cc4ccccc4)C3)cc2)c2ccccc2n1.O=C(O)C(F)(F)F.O=C(O)C(F)(F)F. The molecule has 0 saturated carbocycles. The lowest BCUT2D eigenvalue weighted by Gasteiger charge is -2.43. The van der Waals surface area contributed by atoms with Gasteiger partial charge in [-0.1, -0.05) is 48.5 Å². The summed E-state index contributed by atoms with van der Waals surface area (Å²) in [5, 5.41) is 27.7. The summed E-state index contributed by atoms with van der Waals surface area (Å²) in [7, 11) is 0. The van der Waals surface area contributed by atoms with E-state index in [4.69, 9.17) is 24.5 Å². The highest BCUT2D eigenvalue weighted by atomic mass is 19.4. The zero-order chi connectivity index (χ0) is 40.1. The molecule has 2 heterocycles. The normalized spacial score (nSPS) is 15.8. The predicted molar refractivity (Wildman–Crippen MR) is 180 cm³/mol. The van der Waals surface area contributed by atoms with Crippen LogP contribution in [0.2, 0.25) is 0 Å². The van der Waals surface area contributed by atoms with Crippen LogP contribution in [-0.4, -0.2) is 80.0 Å². The number of carboxylic acids is 2. The van der Waals surface area contributed by atoms with Crippen LogP contribution in [0.4, 0.5) is 26.3 Å². The first-order valence-electron chi connectivity index (χ1n) is 16.0. The Morgan fingerprint density at radius 3 is 2.02 bits per heavy atom. The first-order valence-corrected chi connectivity index (χ1v) is 16.0. The molecule has 3 aromatic carbocycles. The van der Waals surface area contributed by atoms with Crippen molar-refractivity contribution in [1.82, 2.24) is 20.7 Å². The van der Waals surface area contributed by atoms with E-state index >= 15 is 0 Å². The number of para-hydroxylation sites is 1. The molecule has 54 heavy (non-hydrogen) atoms. The summed E-state index contributed by atoms with van der Waals surface area (Å²) < 4.78 is 69.5. The van der Waals surface area contributed by atoms with E-state index in [1.54, 1.807) is 29.7 Å². The van der Waals surface area contributed by atoms with E-state index in [0.29, 0.717) is 30.9 Å². The number of alkyl halides is 6. The van der Waals surface area contributed by atoms with E-state index in [0.717, 1.165) is 41.7 Å². The van der Waals surface area contributed by atoms with Crippen molar-refractivity contribution in [2.75, 3.05) is 13.1 Å². The Labute approximate surface area is 304 Å². The number of likely N-dealkylation sites (tertiary alicyclic amines) is 1. The molecule has 1 aromatic heterocycles. The number of aliphatic carboxylic acids is 2. The standard InChI is InChI=1S/C32H34N4O4.2C2HF3O2/c1-23-18-26(28-10-5-6-11-29(28)33-23)21-40-27-14-12-25(13-15-27)31(38)34-32(19-30(37)35-39)16-7-17-36(22-32)20-24-8-3-2-4-9-24;2*3-2(4,5)1(6)7/h2-6,8-15,18,39H,7,16-17,19-22H2,1H3,(H,34,38)(H,35,37);2*(H,6,7). The number of benzene rings is 3. The van der Waals surface area contributed by atoms with Gasteiger partial charge in [-0.3, -0.25) is 24.7 Å². The second-order valence-electron chi connectivity index (χ2n) is 12.1. The van der Waals surface area contributed by atoms with E-state index < -0.39 is 35.7 Å². The smallest absolute Gasteiger partial charge is 0.489 e. The Balaban J connectivity index is 0.000000476. The van der Waals surface area contributed by atoms with Crippen molar-refractivity contribution in [3.8, 4) is 5.75 Å². The lowest BCUT2D eigenvalue weighted by atomic mass is 9.84. The van der Waals surface area contributed by atoms with Crippen molar-refractivity contribution in [2.45, 2.75) is 57.2 Å². The number of pyridine rings is 1. The Hall–Kier alpha value is -5.75. The van der Waals surface area contributed by atoms with Crippen molar-refractivity contribution in [1.29, 1.82) is 0 Å². The number of nitrogens with one attached hydrogen (secondary N) is 2.